The molecule has 0 aromatic heterocycles. The Morgan fingerprint density at radius 1 is 0.929 bits per heavy atom. The maximum Gasteiger partial charge on any atom is 0.191 e. The summed E-state index contributed by atoms with van der Waals surface area (Å²) in [6.45, 7) is 4.06. The van der Waals surface area contributed by atoms with Crippen molar-refractivity contribution in [1.82, 2.24) is 10.6 Å². The van der Waals surface area contributed by atoms with Gasteiger partial charge >= 0.3 is 0 Å². The molecular formula is C21H30IN3O3. The molecule has 154 valence electrons. The maximum absolute atomic E-state index is 5.71. The number of aliphatic imine (C=N–C) groups is 1. The third-order valence-electron chi connectivity index (χ3n) is 4.06. The summed E-state index contributed by atoms with van der Waals surface area (Å²) in [5, 5.41) is 6.55. The molecule has 0 radical (unpaired) electrons. The number of guanidine groups is 1. The third-order valence-corrected chi connectivity index (χ3v) is 4.06. The fourth-order valence-corrected chi connectivity index (χ4v) is 2.55. The highest BCUT2D eigenvalue weighted by Gasteiger charge is 2.05. The lowest BCUT2D eigenvalue weighted by atomic mass is 10.1. The summed E-state index contributed by atoms with van der Waals surface area (Å²) in [5.74, 6) is 3.10. The number of halogens is 1. The lowest BCUT2D eigenvalue weighted by Crippen LogP contribution is -2.40. The maximum atomic E-state index is 5.71. The number of nitrogens with zero attached hydrogens (tertiary/aromatic N) is 1. The first-order valence-corrected chi connectivity index (χ1v) is 9.01. The summed E-state index contributed by atoms with van der Waals surface area (Å²) in [6.07, 6.45) is 0.848. The van der Waals surface area contributed by atoms with Crippen LogP contribution in [0, 0.1) is 6.92 Å². The van der Waals surface area contributed by atoms with E-state index in [9.17, 15) is 0 Å². The molecule has 0 spiro atoms. The lowest BCUT2D eigenvalue weighted by molar-refractivity contribution is 0.322. The number of benzene rings is 2. The molecular weight excluding hydrogens is 469 g/mol. The summed E-state index contributed by atoms with van der Waals surface area (Å²) < 4.78 is 16.3. The van der Waals surface area contributed by atoms with Gasteiger partial charge in [0.1, 0.15) is 12.4 Å². The zero-order valence-electron chi connectivity index (χ0n) is 17.0. The minimum absolute atomic E-state index is 0. The molecule has 0 aliphatic carbocycles. The highest BCUT2D eigenvalue weighted by atomic mass is 127. The van der Waals surface area contributed by atoms with Crippen molar-refractivity contribution in [1.29, 1.82) is 0 Å². The van der Waals surface area contributed by atoms with Crippen LogP contribution < -0.4 is 24.8 Å². The Kier molecular flexibility index (Phi) is 11.2. The van der Waals surface area contributed by atoms with E-state index >= 15 is 0 Å². The largest absolute Gasteiger partial charge is 0.493 e. The van der Waals surface area contributed by atoms with Crippen molar-refractivity contribution in [3.05, 3.63) is 53.6 Å². The van der Waals surface area contributed by atoms with E-state index in [0.717, 1.165) is 36.2 Å². The van der Waals surface area contributed by atoms with Crippen LogP contribution >= 0.6 is 24.0 Å². The van der Waals surface area contributed by atoms with Crippen molar-refractivity contribution in [2.24, 2.45) is 4.99 Å². The Hall–Kier alpha value is -2.16. The summed E-state index contributed by atoms with van der Waals surface area (Å²) in [4.78, 5) is 4.23. The van der Waals surface area contributed by atoms with Crippen LogP contribution in [0.3, 0.4) is 0 Å². The average molecular weight is 499 g/mol. The fraction of sp³-hybridized carbons (Fsp3) is 0.381. The minimum atomic E-state index is 0. The molecule has 2 rings (SSSR count). The van der Waals surface area contributed by atoms with Crippen LogP contribution in [0.5, 0.6) is 17.2 Å². The van der Waals surface area contributed by atoms with E-state index < -0.39 is 0 Å². The first-order chi connectivity index (χ1) is 13.2. The number of aryl methyl sites for hydroxylation is 1. The Bertz CT molecular complexity index is 736. The predicted octanol–water partition coefficient (Wildman–Crippen LogP) is 3.42. The second-order valence-corrected chi connectivity index (χ2v) is 6.03. The Morgan fingerprint density at radius 2 is 1.61 bits per heavy atom. The monoisotopic (exact) mass is 499 g/mol. The second kappa shape index (κ2) is 13.1. The highest BCUT2D eigenvalue weighted by Crippen LogP contribution is 2.27. The van der Waals surface area contributed by atoms with Crippen molar-refractivity contribution in [3.8, 4) is 17.2 Å². The van der Waals surface area contributed by atoms with E-state index in [1.165, 1.54) is 11.1 Å². The molecule has 0 fully saturated rings. The van der Waals surface area contributed by atoms with Crippen LogP contribution in [0.25, 0.3) is 0 Å². The SMILES string of the molecule is CN=C(NCCOc1ccc(C)cc1)NCCc1ccc(OC)c(OC)c1.I. The minimum Gasteiger partial charge on any atom is -0.493 e. The molecule has 0 heterocycles. The molecule has 0 aliphatic rings. The molecule has 0 atom stereocenters. The Morgan fingerprint density at radius 3 is 2.25 bits per heavy atom. The molecule has 6 nitrogen and oxygen atoms in total. The number of hydrogen-bond acceptors (Lipinski definition) is 4. The van der Waals surface area contributed by atoms with Gasteiger partial charge in [-0.15, -0.1) is 24.0 Å². The van der Waals surface area contributed by atoms with Crippen molar-refractivity contribution in [2.45, 2.75) is 13.3 Å². The van der Waals surface area contributed by atoms with E-state index in [4.69, 9.17) is 14.2 Å². The van der Waals surface area contributed by atoms with Gasteiger partial charge in [-0.3, -0.25) is 4.99 Å². The van der Waals surface area contributed by atoms with Crippen molar-refractivity contribution in [3.63, 3.8) is 0 Å². The van der Waals surface area contributed by atoms with Gasteiger partial charge in [0, 0.05) is 13.6 Å². The topological polar surface area (TPSA) is 64.1 Å². The standard InChI is InChI=1S/C21H29N3O3.HI/c1-16-5-8-18(9-6-16)27-14-13-24-21(22-2)23-12-11-17-7-10-19(25-3)20(15-17)26-4;/h5-10,15H,11-14H2,1-4H3,(H2,22,23,24);1H. The van der Waals surface area contributed by atoms with Gasteiger partial charge in [-0.1, -0.05) is 23.8 Å². The summed E-state index contributed by atoms with van der Waals surface area (Å²) in [5.41, 5.74) is 2.39. The van der Waals surface area contributed by atoms with Gasteiger partial charge < -0.3 is 24.8 Å². The average Bonchev–Trinajstić information content (AvgIpc) is 2.70. The fourth-order valence-electron chi connectivity index (χ4n) is 2.55. The second-order valence-electron chi connectivity index (χ2n) is 6.03. The molecule has 2 aromatic rings. The van der Waals surface area contributed by atoms with Gasteiger partial charge in [-0.05, 0) is 43.2 Å². The van der Waals surface area contributed by atoms with Crippen LogP contribution in [0.4, 0.5) is 0 Å². The normalized spacial score (nSPS) is 10.6. The predicted molar refractivity (Wildman–Crippen MR) is 125 cm³/mol. The summed E-state index contributed by atoms with van der Waals surface area (Å²) in [7, 11) is 5.04. The molecule has 0 bridgehead atoms. The van der Waals surface area contributed by atoms with Crippen LogP contribution in [-0.2, 0) is 6.42 Å². The molecule has 0 saturated heterocycles. The molecule has 28 heavy (non-hydrogen) atoms. The molecule has 0 amide bonds. The number of ether oxygens (including phenoxy) is 3. The van der Waals surface area contributed by atoms with E-state index in [2.05, 4.69) is 22.5 Å². The van der Waals surface area contributed by atoms with E-state index in [1.54, 1.807) is 21.3 Å². The zero-order chi connectivity index (χ0) is 19.5. The summed E-state index contributed by atoms with van der Waals surface area (Å²) in [6, 6.07) is 14.0. The molecule has 2 aromatic carbocycles. The lowest BCUT2D eigenvalue weighted by Gasteiger charge is -2.13. The van der Waals surface area contributed by atoms with Crippen LogP contribution in [0.2, 0.25) is 0 Å². The van der Waals surface area contributed by atoms with Crippen LogP contribution in [0.1, 0.15) is 11.1 Å². The molecule has 7 heteroatoms. The van der Waals surface area contributed by atoms with E-state index in [0.29, 0.717) is 13.2 Å². The van der Waals surface area contributed by atoms with Crippen LogP contribution in [-0.4, -0.2) is 46.9 Å². The number of nitrogens with one attached hydrogen (secondary N) is 2. The molecule has 0 aliphatic heterocycles. The number of methoxy groups -OCH3 is 2. The molecule has 2 N–H and O–H groups in total. The van der Waals surface area contributed by atoms with E-state index in [1.807, 2.05) is 42.5 Å². The van der Waals surface area contributed by atoms with Gasteiger partial charge in [0.2, 0.25) is 0 Å². The highest BCUT2D eigenvalue weighted by molar-refractivity contribution is 14.0. The first kappa shape index (κ1) is 23.9. The van der Waals surface area contributed by atoms with Gasteiger partial charge in [-0.25, -0.2) is 0 Å². The smallest absolute Gasteiger partial charge is 0.191 e. The Balaban J connectivity index is 0.00000392. The Labute approximate surface area is 184 Å². The number of rotatable bonds is 9. The van der Waals surface area contributed by atoms with Gasteiger partial charge in [0.15, 0.2) is 17.5 Å². The molecule has 0 saturated carbocycles. The van der Waals surface area contributed by atoms with Gasteiger partial charge in [0.05, 0.1) is 20.8 Å². The van der Waals surface area contributed by atoms with Crippen molar-refractivity contribution in [2.75, 3.05) is 41.0 Å². The third kappa shape index (κ3) is 7.84. The first-order valence-electron chi connectivity index (χ1n) is 9.01. The molecule has 0 unspecified atom stereocenters. The van der Waals surface area contributed by atoms with Crippen molar-refractivity contribution >= 4 is 29.9 Å². The number of hydrogen-bond donors (Lipinski definition) is 2. The summed E-state index contributed by atoms with van der Waals surface area (Å²) >= 11 is 0. The van der Waals surface area contributed by atoms with Gasteiger partial charge in [-0.2, -0.15) is 0 Å². The van der Waals surface area contributed by atoms with E-state index in [-0.39, 0.29) is 24.0 Å². The van der Waals surface area contributed by atoms with Crippen LogP contribution in [0.15, 0.2) is 47.5 Å². The van der Waals surface area contributed by atoms with Crippen molar-refractivity contribution < 1.29 is 14.2 Å². The quantitative estimate of drug-likeness (QED) is 0.240. The zero-order valence-corrected chi connectivity index (χ0v) is 19.3. The van der Waals surface area contributed by atoms with Gasteiger partial charge in [0.25, 0.3) is 0 Å².